The van der Waals surface area contributed by atoms with Gasteiger partial charge in [-0.05, 0) is 48.6 Å². The van der Waals surface area contributed by atoms with E-state index < -0.39 is 11.8 Å². The molecule has 1 atom stereocenters. The molecule has 0 saturated carbocycles. The summed E-state index contributed by atoms with van der Waals surface area (Å²) in [4.78, 5) is 16.5. The van der Waals surface area contributed by atoms with Crippen LogP contribution in [0.25, 0.3) is 0 Å². The second kappa shape index (κ2) is 8.64. The predicted octanol–water partition coefficient (Wildman–Crippen LogP) is 3.26. The molecule has 6 nitrogen and oxygen atoms in total. The number of phenols is 1. The lowest BCUT2D eigenvalue weighted by Crippen LogP contribution is -2.40. The Morgan fingerprint density at radius 1 is 1.21 bits per heavy atom. The first-order chi connectivity index (χ1) is 13.4. The molecule has 0 aliphatic heterocycles. The Morgan fingerprint density at radius 3 is 2.48 bits per heavy atom. The molecule has 4 N–H and O–H groups in total. The molecular formula is C23H29N3O3. The number of aromatic hydroxyl groups is 1. The van der Waals surface area contributed by atoms with E-state index in [2.05, 4.69) is 21.5 Å². The molecule has 1 unspecified atom stereocenters. The summed E-state index contributed by atoms with van der Waals surface area (Å²) in [6, 6.07) is 8.53. The highest BCUT2D eigenvalue weighted by Gasteiger charge is 2.21. The number of aromatic nitrogens is 1. The van der Waals surface area contributed by atoms with E-state index in [4.69, 9.17) is 6.42 Å². The van der Waals surface area contributed by atoms with Crippen molar-refractivity contribution in [1.29, 1.82) is 0 Å². The Balaban J connectivity index is 2.06. The summed E-state index contributed by atoms with van der Waals surface area (Å²) in [5, 5.41) is 26.2. The summed E-state index contributed by atoms with van der Waals surface area (Å²) < 4.78 is 0. The summed E-state index contributed by atoms with van der Waals surface area (Å²) in [7, 11) is 0. The number of hydrogen-bond donors (Lipinski definition) is 4. The quantitative estimate of drug-likeness (QED) is 0.445. The first-order valence-electron chi connectivity index (χ1n) is 9.43. The number of amides is 1. The summed E-state index contributed by atoms with van der Waals surface area (Å²) in [6.45, 7) is 9.58. The molecule has 0 spiro atoms. The molecule has 2 rings (SSSR count). The highest BCUT2D eigenvalue weighted by molar-refractivity contribution is 5.92. The fourth-order valence-electron chi connectivity index (χ4n) is 2.84. The average Bonchev–Trinajstić information content (AvgIpc) is 2.60. The van der Waals surface area contributed by atoms with E-state index in [-0.39, 0.29) is 23.5 Å². The van der Waals surface area contributed by atoms with Crippen LogP contribution in [0.15, 0.2) is 36.5 Å². The molecule has 0 bridgehead atoms. The normalized spacial score (nSPS) is 12.9. The van der Waals surface area contributed by atoms with E-state index in [0.29, 0.717) is 16.9 Å². The van der Waals surface area contributed by atoms with Crippen LogP contribution in [0, 0.1) is 12.3 Å². The summed E-state index contributed by atoms with van der Waals surface area (Å²) >= 11 is 0. The first kappa shape index (κ1) is 22.4. The number of carbonyl (C=O) groups excluding carboxylic acids is 1. The number of anilines is 1. The highest BCUT2D eigenvalue weighted by atomic mass is 16.3. The van der Waals surface area contributed by atoms with Crippen molar-refractivity contribution in [1.82, 2.24) is 10.3 Å². The zero-order chi connectivity index (χ0) is 21.8. The van der Waals surface area contributed by atoms with Gasteiger partial charge in [-0.2, -0.15) is 0 Å². The van der Waals surface area contributed by atoms with Gasteiger partial charge in [-0.15, -0.1) is 6.42 Å². The molecule has 0 aliphatic carbocycles. The lowest BCUT2D eigenvalue weighted by molar-refractivity contribution is -0.115. The molecule has 0 radical (unpaired) electrons. The van der Waals surface area contributed by atoms with E-state index in [1.807, 2.05) is 32.9 Å². The van der Waals surface area contributed by atoms with Gasteiger partial charge in [0.1, 0.15) is 12.0 Å². The first-order valence-corrected chi connectivity index (χ1v) is 9.43. The number of benzene rings is 1. The van der Waals surface area contributed by atoms with Crippen molar-refractivity contribution in [2.24, 2.45) is 0 Å². The van der Waals surface area contributed by atoms with Crippen LogP contribution >= 0.6 is 0 Å². The van der Waals surface area contributed by atoms with E-state index >= 15 is 0 Å². The number of rotatable bonds is 6. The Labute approximate surface area is 172 Å². The average molecular weight is 396 g/mol. The van der Waals surface area contributed by atoms with Gasteiger partial charge in [-0.3, -0.25) is 15.1 Å². The molecule has 29 heavy (non-hydrogen) atoms. The minimum Gasteiger partial charge on any atom is -0.508 e. The Bertz CT molecular complexity index is 924. The lowest BCUT2D eigenvalue weighted by atomic mass is 9.85. The maximum Gasteiger partial charge on any atom is 0.228 e. The van der Waals surface area contributed by atoms with Crippen LogP contribution < -0.4 is 10.6 Å². The SMILES string of the molecule is C#CC(C)(C)NC(O)c1cc(NC(=O)Cc2ccc(C(C)(C)C)c(O)c2)ccn1. The Morgan fingerprint density at radius 2 is 1.90 bits per heavy atom. The number of aliphatic hydroxyl groups excluding tert-OH is 1. The largest absolute Gasteiger partial charge is 0.508 e. The van der Waals surface area contributed by atoms with E-state index in [1.54, 1.807) is 32.0 Å². The van der Waals surface area contributed by atoms with E-state index in [0.717, 1.165) is 5.56 Å². The van der Waals surface area contributed by atoms with Crippen LogP contribution in [0.4, 0.5) is 5.69 Å². The number of nitrogens with one attached hydrogen (secondary N) is 2. The molecule has 2 aromatic rings. The third-order valence-corrected chi connectivity index (χ3v) is 4.44. The van der Waals surface area contributed by atoms with E-state index in [1.165, 1.54) is 6.20 Å². The number of nitrogens with zero attached hydrogens (tertiary/aromatic N) is 1. The maximum atomic E-state index is 12.4. The maximum absolute atomic E-state index is 12.4. The monoisotopic (exact) mass is 395 g/mol. The van der Waals surface area contributed by atoms with Crippen LogP contribution in [0.2, 0.25) is 0 Å². The van der Waals surface area contributed by atoms with Gasteiger partial charge in [-0.25, -0.2) is 0 Å². The molecule has 1 aromatic carbocycles. The van der Waals surface area contributed by atoms with Crippen molar-refractivity contribution >= 4 is 11.6 Å². The topological polar surface area (TPSA) is 94.5 Å². The van der Waals surface area contributed by atoms with Crippen molar-refractivity contribution in [3.8, 4) is 18.1 Å². The summed E-state index contributed by atoms with van der Waals surface area (Å²) in [6.07, 6.45) is 5.97. The molecular weight excluding hydrogens is 366 g/mol. The number of hydrogen-bond acceptors (Lipinski definition) is 5. The van der Waals surface area contributed by atoms with Crippen molar-refractivity contribution in [3.63, 3.8) is 0 Å². The van der Waals surface area contributed by atoms with Gasteiger partial charge in [0.2, 0.25) is 5.91 Å². The third kappa shape index (κ3) is 6.31. The standard InChI is InChI=1S/C23H29N3O3/c1-7-23(5,6)26-21(29)18-14-16(10-11-24-18)25-20(28)13-15-8-9-17(19(27)12-15)22(2,3)4/h1,8-12,14,21,26-27,29H,13H2,2-6H3,(H,24,25,28). The minimum absolute atomic E-state index is 0.112. The Kier molecular flexibility index (Phi) is 6.68. The molecule has 154 valence electrons. The molecule has 0 saturated heterocycles. The number of phenolic OH excluding ortho intramolecular Hbond substituents is 1. The zero-order valence-corrected chi connectivity index (χ0v) is 17.6. The zero-order valence-electron chi connectivity index (χ0n) is 17.6. The van der Waals surface area contributed by atoms with Gasteiger partial charge in [0.25, 0.3) is 0 Å². The third-order valence-electron chi connectivity index (χ3n) is 4.44. The van der Waals surface area contributed by atoms with Gasteiger partial charge < -0.3 is 15.5 Å². The van der Waals surface area contributed by atoms with Crippen molar-refractivity contribution in [2.75, 3.05) is 5.32 Å². The molecule has 1 aromatic heterocycles. The second-order valence-electron chi connectivity index (χ2n) is 8.61. The molecule has 0 aliphatic rings. The van der Waals surface area contributed by atoms with Crippen molar-refractivity contribution in [2.45, 2.75) is 58.2 Å². The fourth-order valence-corrected chi connectivity index (χ4v) is 2.84. The van der Waals surface area contributed by atoms with Gasteiger partial charge >= 0.3 is 0 Å². The van der Waals surface area contributed by atoms with E-state index in [9.17, 15) is 15.0 Å². The van der Waals surface area contributed by atoms with Crippen LogP contribution in [-0.2, 0) is 16.6 Å². The van der Waals surface area contributed by atoms with Gasteiger partial charge in [0.15, 0.2) is 0 Å². The number of carbonyl (C=O) groups is 1. The fraction of sp³-hybridized carbons (Fsp3) is 0.391. The highest BCUT2D eigenvalue weighted by Crippen LogP contribution is 2.31. The predicted molar refractivity (Wildman–Crippen MR) is 114 cm³/mol. The molecule has 1 amide bonds. The van der Waals surface area contributed by atoms with Gasteiger partial charge in [0.05, 0.1) is 17.7 Å². The molecule has 0 fully saturated rings. The van der Waals surface area contributed by atoms with Crippen LogP contribution in [-0.4, -0.2) is 26.6 Å². The van der Waals surface area contributed by atoms with Crippen molar-refractivity contribution in [3.05, 3.63) is 53.3 Å². The van der Waals surface area contributed by atoms with Crippen LogP contribution in [0.5, 0.6) is 5.75 Å². The number of pyridine rings is 1. The number of aliphatic hydroxyl groups is 1. The van der Waals surface area contributed by atoms with Crippen molar-refractivity contribution < 1.29 is 15.0 Å². The Hall–Kier alpha value is -2.88. The smallest absolute Gasteiger partial charge is 0.228 e. The van der Waals surface area contributed by atoms with Crippen LogP contribution in [0.1, 0.15) is 57.7 Å². The summed E-state index contributed by atoms with van der Waals surface area (Å²) in [5.41, 5.74) is 1.51. The van der Waals surface area contributed by atoms with Gasteiger partial charge in [-0.1, -0.05) is 38.8 Å². The minimum atomic E-state index is -1.07. The summed E-state index contributed by atoms with van der Waals surface area (Å²) in [5.74, 6) is 2.49. The van der Waals surface area contributed by atoms with Gasteiger partial charge in [0, 0.05) is 11.9 Å². The molecule has 1 heterocycles. The number of terminal acetylenes is 1. The van der Waals surface area contributed by atoms with Crippen LogP contribution in [0.3, 0.4) is 0 Å². The lowest BCUT2D eigenvalue weighted by Gasteiger charge is -2.24. The second-order valence-corrected chi connectivity index (χ2v) is 8.61. The molecule has 6 heteroatoms.